The van der Waals surface area contributed by atoms with E-state index in [0.29, 0.717) is 23.7 Å². The van der Waals surface area contributed by atoms with Crippen LogP contribution in [0.25, 0.3) is 0 Å². The van der Waals surface area contributed by atoms with E-state index in [0.717, 1.165) is 17.9 Å². The Hall–Kier alpha value is -4.23. The fourth-order valence-corrected chi connectivity index (χ4v) is 4.33. The van der Waals surface area contributed by atoms with Gasteiger partial charge in [0.15, 0.2) is 17.5 Å². The van der Waals surface area contributed by atoms with Crippen LogP contribution in [0.5, 0.6) is 0 Å². The maximum Gasteiger partial charge on any atom is 0.427 e. The van der Waals surface area contributed by atoms with Gasteiger partial charge >= 0.3 is 6.09 Å². The van der Waals surface area contributed by atoms with Crippen LogP contribution >= 0.6 is 11.6 Å². The maximum atomic E-state index is 13.7. The van der Waals surface area contributed by atoms with Gasteiger partial charge in [0.05, 0.1) is 12.1 Å². The van der Waals surface area contributed by atoms with E-state index in [4.69, 9.17) is 16.3 Å². The summed E-state index contributed by atoms with van der Waals surface area (Å²) < 4.78 is 5.35. The van der Waals surface area contributed by atoms with Gasteiger partial charge in [-0.3, -0.25) is 19.4 Å². The molecule has 0 spiro atoms. The molecule has 4 rings (SSSR count). The summed E-state index contributed by atoms with van der Waals surface area (Å²) in [6, 6.07) is 7.94. The van der Waals surface area contributed by atoms with Gasteiger partial charge < -0.3 is 9.64 Å². The number of ether oxygens (including phenoxy) is 1. The minimum atomic E-state index is -1.46. The Labute approximate surface area is 231 Å². The third-order valence-electron chi connectivity index (χ3n) is 5.86. The van der Waals surface area contributed by atoms with Gasteiger partial charge in [0, 0.05) is 41.6 Å². The second kappa shape index (κ2) is 11.7. The molecule has 0 bridgehead atoms. The van der Waals surface area contributed by atoms with Crippen molar-refractivity contribution in [1.82, 2.24) is 20.3 Å². The number of carbonyl (C=O) groups excluding carboxylic acids is 4. The number of fused-ring (bicyclic) bond motifs is 1. The third kappa shape index (κ3) is 6.81. The number of pyridine rings is 1. The molecule has 2 aliphatic heterocycles. The summed E-state index contributed by atoms with van der Waals surface area (Å²) >= 11 is 6.15. The fraction of sp³-hybridized carbons (Fsp3) is 0.357. The minimum Gasteiger partial charge on any atom is -0.443 e. The zero-order chi connectivity index (χ0) is 28.2. The number of Topliss-reactive ketones (excluding diaryl/α,β-unsaturated/α-hetero) is 1. The quantitative estimate of drug-likeness (QED) is 0.344. The lowest BCUT2D eigenvalue weighted by Crippen LogP contribution is -2.57. The standard InChI is InChI=1S/C28H28ClN5O5/c1-28(2,3)39-27(38)32-34(22(35)10-6-8-18-9-7-13-30-17-18)25-23(26(37)33-14-4-5-15-33)24(36)20-12-11-19(29)16-21(20)31-25/h7,9,11-13,16-17,23H,4-5,10,14-15H2,1-3H3,(H,32,38). The molecule has 3 amide bonds. The highest BCUT2D eigenvalue weighted by Gasteiger charge is 2.44. The number of nitrogens with one attached hydrogen (secondary N) is 1. The SMILES string of the molecule is CC(C)(C)OC(=O)NN(C(=O)CC#Cc1cccnc1)C1=Nc2cc(Cl)ccc2C(=O)C1C(=O)N1CCCC1. The van der Waals surface area contributed by atoms with Crippen molar-refractivity contribution in [2.75, 3.05) is 13.1 Å². The van der Waals surface area contributed by atoms with E-state index in [2.05, 4.69) is 27.2 Å². The van der Waals surface area contributed by atoms with Gasteiger partial charge in [-0.15, -0.1) is 0 Å². The van der Waals surface area contributed by atoms with Crippen molar-refractivity contribution in [2.45, 2.75) is 45.6 Å². The lowest BCUT2D eigenvalue weighted by molar-refractivity contribution is -0.132. The summed E-state index contributed by atoms with van der Waals surface area (Å²) in [6.07, 6.45) is 3.43. The van der Waals surface area contributed by atoms with Crippen molar-refractivity contribution in [1.29, 1.82) is 0 Å². The van der Waals surface area contributed by atoms with Gasteiger partial charge in [-0.05, 0) is 63.9 Å². The smallest absolute Gasteiger partial charge is 0.427 e. The van der Waals surface area contributed by atoms with Crippen LogP contribution in [-0.2, 0) is 14.3 Å². The Morgan fingerprint density at radius 1 is 1.21 bits per heavy atom. The van der Waals surface area contributed by atoms with Crippen LogP contribution in [0.1, 0.15) is 56.0 Å². The lowest BCUT2D eigenvalue weighted by atomic mass is 9.90. The molecule has 1 atom stereocenters. The number of ketones is 1. The number of benzene rings is 1. The van der Waals surface area contributed by atoms with Crippen molar-refractivity contribution in [2.24, 2.45) is 10.9 Å². The third-order valence-corrected chi connectivity index (χ3v) is 6.09. The number of rotatable bonds is 2. The summed E-state index contributed by atoms with van der Waals surface area (Å²) in [7, 11) is 0. The van der Waals surface area contributed by atoms with E-state index in [-0.39, 0.29) is 23.5 Å². The lowest BCUT2D eigenvalue weighted by Gasteiger charge is -2.33. The van der Waals surface area contributed by atoms with Gasteiger partial charge in [-0.2, -0.15) is 0 Å². The molecule has 2 aliphatic rings. The first kappa shape index (κ1) is 27.8. The number of amides is 3. The Morgan fingerprint density at radius 2 is 1.95 bits per heavy atom. The van der Waals surface area contributed by atoms with Crippen molar-refractivity contribution in [3.05, 3.63) is 58.9 Å². The largest absolute Gasteiger partial charge is 0.443 e. The predicted octanol–water partition coefficient (Wildman–Crippen LogP) is 3.91. The molecule has 202 valence electrons. The first-order valence-electron chi connectivity index (χ1n) is 12.5. The van der Waals surface area contributed by atoms with Crippen LogP contribution in [0.2, 0.25) is 5.02 Å². The van der Waals surface area contributed by atoms with Crippen LogP contribution < -0.4 is 5.43 Å². The molecule has 3 heterocycles. The molecule has 10 nitrogen and oxygen atoms in total. The topological polar surface area (TPSA) is 121 Å². The van der Waals surface area contributed by atoms with Crippen LogP contribution in [0, 0.1) is 17.8 Å². The van der Waals surface area contributed by atoms with Gasteiger partial charge in [0.25, 0.3) is 5.91 Å². The van der Waals surface area contributed by atoms with Crippen LogP contribution in [0.4, 0.5) is 10.5 Å². The minimum absolute atomic E-state index is 0.179. The number of hydrogen-bond acceptors (Lipinski definition) is 7. The van der Waals surface area contributed by atoms with E-state index in [1.54, 1.807) is 50.2 Å². The molecule has 1 saturated heterocycles. The van der Waals surface area contributed by atoms with Crippen molar-refractivity contribution < 1.29 is 23.9 Å². The number of nitrogens with zero attached hydrogens (tertiary/aromatic N) is 4. The van der Waals surface area contributed by atoms with E-state index < -0.39 is 35.2 Å². The zero-order valence-electron chi connectivity index (χ0n) is 21.9. The Balaban J connectivity index is 1.75. The molecule has 1 unspecified atom stereocenters. The number of halogens is 1. The number of amidine groups is 1. The molecule has 0 aliphatic carbocycles. The molecule has 1 aromatic carbocycles. The first-order valence-corrected chi connectivity index (χ1v) is 12.8. The molecule has 1 N–H and O–H groups in total. The molecule has 11 heteroatoms. The molecule has 0 radical (unpaired) electrons. The first-order chi connectivity index (χ1) is 18.5. The van der Waals surface area contributed by atoms with Crippen molar-refractivity contribution in [3.8, 4) is 11.8 Å². The monoisotopic (exact) mass is 549 g/mol. The normalized spacial score (nSPS) is 16.4. The van der Waals surface area contributed by atoms with E-state index >= 15 is 0 Å². The van der Waals surface area contributed by atoms with Gasteiger partial charge in [0.1, 0.15) is 5.60 Å². The highest BCUT2D eigenvalue weighted by Crippen LogP contribution is 2.33. The summed E-state index contributed by atoms with van der Waals surface area (Å²) in [4.78, 5) is 63.7. The Bertz CT molecular complexity index is 1380. The van der Waals surface area contributed by atoms with Crippen LogP contribution in [-0.4, -0.2) is 63.1 Å². The summed E-state index contributed by atoms with van der Waals surface area (Å²) in [6.45, 7) is 5.95. The Kier molecular flexibility index (Phi) is 8.31. The highest BCUT2D eigenvalue weighted by molar-refractivity contribution is 6.33. The van der Waals surface area contributed by atoms with Gasteiger partial charge in [-0.1, -0.05) is 23.4 Å². The van der Waals surface area contributed by atoms with Gasteiger partial charge in [-0.25, -0.2) is 20.2 Å². The zero-order valence-corrected chi connectivity index (χ0v) is 22.6. The molecule has 1 aromatic heterocycles. The van der Waals surface area contributed by atoms with E-state index in [1.807, 2.05) is 0 Å². The average molecular weight is 550 g/mol. The summed E-state index contributed by atoms with van der Waals surface area (Å²) in [5, 5.41) is 1.11. The summed E-state index contributed by atoms with van der Waals surface area (Å²) in [5.74, 6) is 2.12. The number of aliphatic imine (C=N–C) groups is 1. The molecule has 0 saturated carbocycles. The number of carbonyl (C=O) groups is 4. The van der Waals surface area contributed by atoms with Crippen LogP contribution in [0.15, 0.2) is 47.7 Å². The second-order valence-corrected chi connectivity index (χ2v) is 10.5. The fourth-order valence-electron chi connectivity index (χ4n) is 4.17. The van der Waals surface area contributed by atoms with Crippen molar-refractivity contribution in [3.63, 3.8) is 0 Å². The van der Waals surface area contributed by atoms with E-state index in [9.17, 15) is 19.2 Å². The van der Waals surface area contributed by atoms with Gasteiger partial charge in [0.2, 0.25) is 5.91 Å². The molecular weight excluding hydrogens is 522 g/mol. The average Bonchev–Trinajstić information content (AvgIpc) is 3.41. The number of hydrazine groups is 1. The van der Waals surface area contributed by atoms with Crippen LogP contribution in [0.3, 0.4) is 0 Å². The molecular formula is C28H28ClN5O5. The number of hydrogen-bond donors (Lipinski definition) is 1. The maximum absolute atomic E-state index is 13.7. The predicted molar refractivity (Wildman–Crippen MR) is 144 cm³/mol. The summed E-state index contributed by atoms with van der Waals surface area (Å²) in [5.41, 5.74) is 2.47. The van der Waals surface area contributed by atoms with Crippen molar-refractivity contribution >= 4 is 46.8 Å². The van der Waals surface area contributed by atoms with E-state index in [1.165, 1.54) is 18.2 Å². The number of aromatic nitrogens is 1. The second-order valence-electron chi connectivity index (χ2n) is 10.0. The number of likely N-dealkylation sites (tertiary alicyclic amines) is 1. The Morgan fingerprint density at radius 3 is 2.62 bits per heavy atom. The molecule has 1 fully saturated rings. The molecule has 2 aromatic rings. The molecule has 39 heavy (non-hydrogen) atoms. The highest BCUT2D eigenvalue weighted by atomic mass is 35.5.